The number of carbonyl (C=O) groups excluding carboxylic acids is 2. The minimum absolute atomic E-state index is 0.266. The Kier molecular flexibility index (Phi) is 3.85. The normalized spacial score (nSPS) is 25.4. The number of hydrogen-bond acceptors (Lipinski definition) is 6. The minimum atomic E-state index is -0.720. The van der Waals surface area contributed by atoms with Crippen LogP contribution in [0.4, 0.5) is 5.69 Å². The lowest BCUT2D eigenvalue weighted by Crippen LogP contribution is -2.33. The first kappa shape index (κ1) is 16.5. The third kappa shape index (κ3) is 2.34. The number of thioether (sulfide) groups is 1. The average molecular weight is 365 g/mol. The highest BCUT2D eigenvalue weighted by atomic mass is 32.2. The molecule has 1 aromatic heterocycles. The molecule has 2 aliphatic rings. The number of rotatable bonds is 2. The maximum atomic E-state index is 13.2. The highest BCUT2D eigenvalue weighted by molar-refractivity contribution is 8.04. The smallest absolute Gasteiger partial charge is 0.248 e. The van der Waals surface area contributed by atoms with E-state index in [1.807, 2.05) is 19.1 Å². The van der Waals surface area contributed by atoms with Crippen LogP contribution in [0, 0.1) is 24.2 Å². The molecule has 2 N–H and O–H groups in total. The SMILES string of the molecule is Cc1ccc(N2C(=O)[C@H]3[C@@H](c4ccco4)C(C#N)=C(N)S[C@H]3C2=O)cc1. The molecule has 0 unspecified atom stereocenters. The van der Waals surface area contributed by atoms with E-state index in [4.69, 9.17) is 10.2 Å². The van der Waals surface area contributed by atoms with E-state index in [9.17, 15) is 14.9 Å². The first-order valence-electron chi connectivity index (χ1n) is 8.07. The summed E-state index contributed by atoms with van der Waals surface area (Å²) >= 11 is 1.09. The molecule has 1 saturated heterocycles. The molecule has 0 radical (unpaired) electrons. The summed E-state index contributed by atoms with van der Waals surface area (Å²) < 4.78 is 5.47. The monoisotopic (exact) mass is 365 g/mol. The molecular weight excluding hydrogens is 350 g/mol. The van der Waals surface area contributed by atoms with Crippen molar-refractivity contribution in [3.05, 3.63) is 64.6 Å². The summed E-state index contributed by atoms with van der Waals surface area (Å²) in [5.41, 5.74) is 7.88. The molecule has 1 fully saturated rings. The average Bonchev–Trinajstić information content (AvgIpc) is 3.23. The summed E-state index contributed by atoms with van der Waals surface area (Å²) in [4.78, 5) is 27.4. The van der Waals surface area contributed by atoms with Gasteiger partial charge >= 0.3 is 0 Å². The first-order chi connectivity index (χ1) is 12.5. The maximum Gasteiger partial charge on any atom is 0.248 e. The molecule has 7 heteroatoms. The molecule has 2 aliphatic heterocycles. The van der Waals surface area contributed by atoms with E-state index in [1.54, 1.807) is 24.3 Å². The maximum absolute atomic E-state index is 13.2. The number of carbonyl (C=O) groups is 2. The van der Waals surface area contributed by atoms with E-state index in [-0.39, 0.29) is 22.4 Å². The summed E-state index contributed by atoms with van der Waals surface area (Å²) in [5, 5.41) is 9.16. The number of nitrogens with zero attached hydrogens (tertiary/aromatic N) is 2. The van der Waals surface area contributed by atoms with Crippen molar-refractivity contribution in [2.45, 2.75) is 18.1 Å². The van der Waals surface area contributed by atoms with Crippen LogP contribution in [0.5, 0.6) is 0 Å². The summed E-state index contributed by atoms with van der Waals surface area (Å²) in [6.07, 6.45) is 1.48. The largest absolute Gasteiger partial charge is 0.469 e. The predicted molar refractivity (Wildman–Crippen MR) is 96.8 cm³/mol. The number of fused-ring (bicyclic) bond motifs is 1. The number of nitriles is 1. The van der Waals surface area contributed by atoms with Gasteiger partial charge in [0.2, 0.25) is 11.8 Å². The molecule has 0 saturated carbocycles. The van der Waals surface area contributed by atoms with Crippen LogP contribution in [0.15, 0.2) is 57.7 Å². The van der Waals surface area contributed by atoms with Crippen molar-refractivity contribution in [3.8, 4) is 6.07 Å². The van der Waals surface area contributed by atoms with Gasteiger partial charge in [-0.05, 0) is 31.2 Å². The second-order valence-electron chi connectivity index (χ2n) is 6.29. The zero-order chi connectivity index (χ0) is 18.4. The van der Waals surface area contributed by atoms with E-state index in [0.29, 0.717) is 11.4 Å². The molecule has 4 rings (SSSR count). The Morgan fingerprint density at radius 1 is 1.19 bits per heavy atom. The Balaban J connectivity index is 1.82. The Morgan fingerprint density at radius 3 is 2.54 bits per heavy atom. The molecule has 1 aromatic carbocycles. The van der Waals surface area contributed by atoms with E-state index >= 15 is 0 Å². The number of aryl methyl sites for hydroxylation is 1. The molecule has 2 amide bonds. The lowest BCUT2D eigenvalue weighted by atomic mass is 9.82. The van der Waals surface area contributed by atoms with Crippen LogP contribution in [-0.4, -0.2) is 17.1 Å². The second-order valence-corrected chi connectivity index (χ2v) is 7.48. The molecule has 3 heterocycles. The van der Waals surface area contributed by atoms with E-state index in [1.165, 1.54) is 11.2 Å². The molecule has 130 valence electrons. The van der Waals surface area contributed by atoms with Crippen molar-refractivity contribution in [1.29, 1.82) is 5.26 Å². The minimum Gasteiger partial charge on any atom is -0.469 e. The molecule has 0 spiro atoms. The van der Waals surface area contributed by atoms with Crippen molar-refractivity contribution in [3.63, 3.8) is 0 Å². The number of allylic oxidation sites excluding steroid dienone is 1. The number of imide groups is 1. The van der Waals surface area contributed by atoms with Gasteiger partial charge in [-0.25, -0.2) is 4.90 Å². The van der Waals surface area contributed by atoms with E-state index in [2.05, 4.69) is 6.07 Å². The fourth-order valence-corrected chi connectivity index (χ4v) is 4.70. The number of nitrogens with two attached hydrogens (primary N) is 1. The van der Waals surface area contributed by atoms with Gasteiger partial charge in [-0.2, -0.15) is 5.26 Å². The standard InChI is InChI=1S/C19H15N3O3S/c1-10-4-6-11(7-5-10)22-18(23)15-14(13-3-2-8-25-13)12(9-20)17(21)26-16(15)19(22)24/h2-8,14-16H,21H2,1H3/t14-,15+,16-/m1/s1. The summed E-state index contributed by atoms with van der Waals surface area (Å²) in [7, 11) is 0. The van der Waals surface area contributed by atoms with Crippen LogP contribution in [0.3, 0.4) is 0 Å². The number of benzene rings is 1. The Morgan fingerprint density at radius 2 is 1.92 bits per heavy atom. The van der Waals surface area contributed by atoms with Crippen LogP contribution in [-0.2, 0) is 9.59 Å². The van der Waals surface area contributed by atoms with Gasteiger partial charge in [-0.15, -0.1) is 0 Å². The van der Waals surface area contributed by atoms with Gasteiger partial charge in [0.1, 0.15) is 11.0 Å². The number of furan rings is 1. The zero-order valence-corrected chi connectivity index (χ0v) is 14.7. The molecule has 0 bridgehead atoms. The van der Waals surface area contributed by atoms with Crippen LogP contribution in [0.2, 0.25) is 0 Å². The van der Waals surface area contributed by atoms with Crippen molar-refractivity contribution >= 4 is 29.3 Å². The highest BCUT2D eigenvalue weighted by Crippen LogP contribution is 2.50. The Labute approximate surface area is 154 Å². The summed E-state index contributed by atoms with van der Waals surface area (Å²) in [6.45, 7) is 1.93. The number of hydrogen-bond donors (Lipinski definition) is 1. The van der Waals surface area contributed by atoms with Crippen molar-refractivity contribution in [2.75, 3.05) is 4.90 Å². The quantitative estimate of drug-likeness (QED) is 0.821. The van der Waals surface area contributed by atoms with Gasteiger partial charge in [0.15, 0.2) is 0 Å². The van der Waals surface area contributed by atoms with Gasteiger partial charge < -0.3 is 10.2 Å². The molecule has 2 aromatic rings. The van der Waals surface area contributed by atoms with Gasteiger partial charge in [0.05, 0.1) is 40.5 Å². The first-order valence-corrected chi connectivity index (χ1v) is 8.95. The number of amides is 2. The zero-order valence-electron chi connectivity index (χ0n) is 13.9. The summed E-state index contributed by atoms with van der Waals surface area (Å²) in [5.74, 6) is -1.56. The predicted octanol–water partition coefficient (Wildman–Crippen LogP) is 2.67. The van der Waals surface area contributed by atoms with E-state index in [0.717, 1.165) is 17.3 Å². The summed E-state index contributed by atoms with van der Waals surface area (Å²) in [6, 6.07) is 12.7. The topological polar surface area (TPSA) is 100 Å². The fourth-order valence-electron chi connectivity index (χ4n) is 3.50. The Bertz CT molecular complexity index is 957. The lowest BCUT2D eigenvalue weighted by molar-refractivity contribution is -0.122. The molecule has 0 aliphatic carbocycles. The molecular formula is C19H15N3O3S. The lowest BCUT2D eigenvalue weighted by Gasteiger charge is -2.28. The highest BCUT2D eigenvalue weighted by Gasteiger charge is 2.56. The van der Waals surface area contributed by atoms with Crippen LogP contribution < -0.4 is 10.6 Å². The van der Waals surface area contributed by atoms with E-state index < -0.39 is 17.1 Å². The van der Waals surface area contributed by atoms with Crippen LogP contribution >= 0.6 is 11.8 Å². The second kappa shape index (κ2) is 6.07. The molecule has 3 atom stereocenters. The van der Waals surface area contributed by atoms with Crippen molar-refractivity contribution in [1.82, 2.24) is 0 Å². The fraction of sp³-hybridized carbons (Fsp3) is 0.211. The van der Waals surface area contributed by atoms with Gasteiger partial charge in [-0.3, -0.25) is 9.59 Å². The molecule has 26 heavy (non-hydrogen) atoms. The van der Waals surface area contributed by atoms with Gasteiger partial charge in [0, 0.05) is 0 Å². The van der Waals surface area contributed by atoms with Crippen molar-refractivity contribution in [2.24, 2.45) is 11.7 Å². The van der Waals surface area contributed by atoms with Gasteiger partial charge in [0.25, 0.3) is 0 Å². The number of anilines is 1. The Hall–Kier alpha value is -2.98. The third-order valence-corrected chi connectivity index (χ3v) is 5.97. The molecule has 6 nitrogen and oxygen atoms in total. The van der Waals surface area contributed by atoms with Crippen LogP contribution in [0.1, 0.15) is 17.2 Å². The van der Waals surface area contributed by atoms with Crippen molar-refractivity contribution < 1.29 is 14.0 Å². The van der Waals surface area contributed by atoms with Crippen LogP contribution in [0.25, 0.3) is 0 Å². The third-order valence-electron chi connectivity index (χ3n) is 4.75. The van der Waals surface area contributed by atoms with Gasteiger partial charge in [-0.1, -0.05) is 29.5 Å².